The lowest BCUT2D eigenvalue weighted by Gasteiger charge is -2.54. The van der Waals surface area contributed by atoms with Crippen molar-refractivity contribution in [1.29, 1.82) is 0 Å². The molecule has 0 aromatic heterocycles. The topological polar surface area (TPSA) is 62.8 Å². The summed E-state index contributed by atoms with van der Waals surface area (Å²) < 4.78 is 0. The Labute approximate surface area is 602 Å². The molecule has 10 aromatic rings. The SMILES string of the molecule is C=CC(C)=O.CC(=O)CCC1c2ccccc2CCN1c1ccccc1.CC1(C)CCCC(C)(C)N1OC1c2ccccc2CCN1c1ccccc1.c1ccc(N2CCc3ccccc3C2)cc1.c1ccc(N2CCc3ccccc3C2C2c3ccccc3CCN2c2ccccc2)cc1. The van der Waals surface area contributed by atoms with E-state index in [2.05, 4.69) is 331 Å². The van der Waals surface area contributed by atoms with Crippen LogP contribution in [0.15, 0.2) is 286 Å². The average Bonchev–Trinajstić information content (AvgIpc) is 0.753. The number of carbonyl (C=O) groups excluding carboxylic acids is 2. The summed E-state index contributed by atoms with van der Waals surface area (Å²) in [4.78, 5) is 40.6. The van der Waals surface area contributed by atoms with Gasteiger partial charge in [0.15, 0.2) is 12.0 Å². The van der Waals surface area contributed by atoms with Crippen molar-refractivity contribution in [1.82, 2.24) is 5.06 Å². The number of allylic oxidation sites excluding steroid dienone is 1. The molecule has 0 bridgehead atoms. The normalized spacial score (nSPS) is 19.1. The first-order valence-corrected chi connectivity index (χ1v) is 36.8. The first-order valence-electron chi connectivity index (χ1n) is 36.8. The molecular formula is C92H102N6O3. The molecular weight excluding hydrogens is 1240 g/mol. The summed E-state index contributed by atoms with van der Waals surface area (Å²) >= 11 is 0. The molecule has 4 atom stereocenters. The average molecular weight is 1340 g/mol. The van der Waals surface area contributed by atoms with Gasteiger partial charge >= 0.3 is 0 Å². The number of carbonyl (C=O) groups is 2. The van der Waals surface area contributed by atoms with Crippen LogP contribution in [-0.4, -0.2) is 60.4 Å². The lowest BCUT2D eigenvalue weighted by atomic mass is 9.80. The molecule has 0 spiro atoms. The van der Waals surface area contributed by atoms with Crippen molar-refractivity contribution < 1.29 is 14.4 Å². The van der Waals surface area contributed by atoms with E-state index in [1.807, 2.05) is 6.07 Å². The molecule has 6 aliphatic rings. The fourth-order valence-corrected chi connectivity index (χ4v) is 16.2. The fraction of sp³-hybridized carbons (Fsp3) is 0.304. The van der Waals surface area contributed by atoms with Crippen LogP contribution < -0.4 is 24.5 Å². The summed E-state index contributed by atoms with van der Waals surface area (Å²) in [5, 5.41) is 2.30. The number of benzene rings is 10. The van der Waals surface area contributed by atoms with Gasteiger partial charge in [-0.2, -0.15) is 5.06 Å². The van der Waals surface area contributed by atoms with Gasteiger partial charge in [0, 0.05) is 90.8 Å². The Morgan fingerprint density at radius 2 is 0.723 bits per heavy atom. The maximum atomic E-state index is 11.4. The van der Waals surface area contributed by atoms with Crippen LogP contribution in [0.2, 0.25) is 0 Å². The van der Waals surface area contributed by atoms with Gasteiger partial charge in [-0.05, 0) is 216 Å². The zero-order valence-corrected chi connectivity index (χ0v) is 60.3. The van der Waals surface area contributed by atoms with E-state index < -0.39 is 0 Å². The zero-order chi connectivity index (χ0) is 70.1. The van der Waals surface area contributed by atoms with Gasteiger partial charge in [0.25, 0.3) is 0 Å². The standard InChI is InChI=1S/C30H28N2.C24H32N2O.C19H21NO.C15H15N.C4H6O/c1-3-13-25(14-4-1)31-21-19-23-11-7-9-17-27(23)29(31)30-28-18-10-8-12-24(28)20-22-32(30)26-15-5-2-6-16-26;1-23(2)16-10-17-24(3,4)26(23)27-22-21-14-9-8-11-19(21)15-18-25(22)20-12-6-5-7-13-20;1-15(21)11-12-19-18-10-6-5-7-16(18)13-14-20(19)17-8-3-2-4-9-17;1-2-8-15(9-3-1)16-11-10-13-6-4-5-7-14(13)12-16;1-3-4(2)5/h1-18,29-30H,19-22H2;5-9,11-14,22H,10,15-18H2,1-4H3;2-10,19H,11-14H2,1H3;1-9H,10-12H2;3H,1H2,2H3. The van der Waals surface area contributed by atoms with Gasteiger partial charge < -0.3 is 29.3 Å². The third-order valence-electron chi connectivity index (χ3n) is 21.1. The minimum atomic E-state index is -0.0889. The van der Waals surface area contributed by atoms with Crippen molar-refractivity contribution in [2.45, 2.75) is 148 Å². The number of nitrogens with zero attached hydrogens (tertiary/aromatic N) is 6. The summed E-state index contributed by atoms with van der Waals surface area (Å²) in [6.45, 7) is 21.8. The summed E-state index contributed by atoms with van der Waals surface area (Å²) in [5.74, 6) is 0.288. The van der Waals surface area contributed by atoms with Gasteiger partial charge in [-0.3, -0.25) is 9.63 Å². The molecule has 0 saturated carbocycles. The summed E-state index contributed by atoms with van der Waals surface area (Å²) in [5.41, 5.74) is 20.9. The van der Waals surface area contributed by atoms with Crippen LogP contribution in [-0.2, 0) is 53.1 Å². The quantitative estimate of drug-likeness (QED) is 0.111. The lowest BCUT2D eigenvalue weighted by molar-refractivity contribution is -0.307. The Kier molecular flexibility index (Phi) is 23.6. The molecule has 0 amide bonds. The molecule has 0 radical (unpaired) electrons. The molecule has 9 heteroatoms. The number of hydrogen-bond donors (Lipinski definition) is 0. The first kappa shape index (κ1) is 71.0. The molecule has 4 unspecified atom stereocenters. The molecule has 6 aliphatic heterocycles. The number of fused-ring (bicyclic) bond motifs is 5. The van der Waals surface area contributed by atoms with Gasteiger partial charge in [-0.1, -0.05) is 219 Å². The monoisotopic (exact) mass is 1340 g/mol. The fourth-order valence-electron chi connectivity index (χ4n) is 16.2. The molecule has 1 fully saturated rings. The summed E-state index contributed by atoms with van der Waals surface area (Å²) in [6, 6.07) is 99.0. The third kappa shape index (κ3) is 17.3. The molecule has 6 heterocycles. The number of anilines is 5. The predicted molar refractivity (Wildman–Crippen MR) is 420 cm³/mol. The van der Waals surface area contributed by atoms with E-state index in [9.17, 15) is 9.59 Å². The van der Waals surface area contributed by atoms with E-state index in [1.165, 1.54) is 103 Å². The van der Waals surface area contributed by atoms with Gasteiger partial charge in [-0.25, -0.2) is 0 Å². The smallest absolute Gasteiger partial charge is 0.177 e. The van der Waals surface area contributed by atoms with Gasteiger partial charge in [0.1, 0.15) is 5.78 Å². The Morgan fingerprint density at radius 3 is 1.17 bits per heavy atom. The van der Waals surface area contributed by atoms with Crippen LogP contribution >= 0.6 is 0 Å². The van der Waals surface area contributed by atoms with Crippen molar-refractivity contribution >= 4 is 40.0 Å². The van der Waals surface area contributed by atoms with Crippen molar-refractivity contribution in [2.24, 2.45) is 0 Å². The maximum Gasteiger partial charge on any atom is 0.177 e. The van der Waals surface area contributed by atoms with E-state index in [0.717, 1.165) is 90.6 Å². The molecule has 16 rings (SSSR count). The Balaban J connectivity index is 0.000000128. The van der Waals surface area contributed by atoms with Crippen LogP contribution in [0.3, 0.4) is 0 Å². The Bertz CT molecular complexity index is 4180. The maximum absolute atomic E-state index is 11.4. The van der Waals surface area contributed by atoms with Crippen LogP contribution in [0.1, 0.15) is 154 Å². The molecule has 101 heavy (non-hydrogen) atoms. The highest BCUT2D eigenvalue weighted by atomic mass is 16.7. The van der Waals surface area contributed by atoms with Crippen LogP contribution in [0.5, 0.6) is 0 Å². The predicted octanol–water partition coefficient (Wildman–Crippen LogP) is 20.5. The molecule has 0 N–H and O–H groups in total. The van der Waals surface area contributed by atoms with Crippen LogP contribution in [0.25, 0.3) is 0 Å². The molecule has 0 aliphatic carbocycles. The minimum absolute atomic E-state index is 0.0185. The number of Topliss-reactive ketones (excluding diaryl/α,β-unsaturated/α-hetero) is 1. The number of ketones is 2. The van der Waals surface area contributed by atoms with E-state index in [0.29, 0.717) is 12.5 Å². The van der Waals surface area contributed by atoms with E-state index in [-0.39, 0.29) is 41.0 Å². The second-order valence-electron chi connectivity index (χ2n) is 28.9. The first-order chi connectivity index (χ1) is 49.2. The number of rotatable bonds is 12. The second-order valence-corrected chi connectivity index (χ2v) is 28.9. The van der Waals surface area contributed by atoms with E-state index in [1.54, 1.807) is 6.92 Å². The van der Waals surface area contributed by atoms with Crippen LogP contribution in [0, 0.1) is 0 Å². The number of hydrogen-bond acceptors (Lipinski definition) is 9. The van der Waals surface area contributed by atoms with Gasteiger partial charge in [0.2, 0.25) is 0 Å². The molecule has 9 nitrogen and oxygen atoms in total. The Hall–Kier alpha value is -9.80. The molecule has 1 saturated heterocycles. The number of hydroxylamine groups is 2. The summed E-state index contributed by atoms with van der Waals surface area (Å²) in [7, 11) is 0. The number of para-hydroxylation sites is 5. The third-order valence-corrected chi connectivity index (χ3v) is 21.1. The summed E-state index contributed by atoms with van der Waals surface area (Å²) in [6.07, 6.45) is 11.8. The largest absolute Gasteiger partial charge is 0.367 e. The highest BCUT2D eigenvalue weighted by Crippen LogP contribution is 2.49. The Morgan fingerprint density at radius 1 is 0.396 bits per heavy atom. The zero-order valence-electron chi connectivity index (χ0n) is 60.3. The van der Waals surface area contributed by atoms with E-state index >= 15 is 0 Å². The van der Waals surface area contributed by atoms with Crippen molar-refractivity contribution in [3.8, 4) is 0 Å². The lowest BCUT2D eigenvalue weighted by Crippen LogP contribution is -2.59. The minimum Gasteiger partial charge on any atom is -0.367 e. The highest BCUT2D eigenvalue weighted by molar-refractivity contribution is 5.86. The molecule has 10 aromatic carbocycles. The van der Waals surface area contributed by atoms with Gasteiger partial charge in [-0.15, -0.1) is 0 Å². The molecule has 518 valence electrons. The second kappa shape index (κ2) is 33.6. The van der Waals surface area contributed by atoms with E-state index in [4.69, 9.17) is 4.84 Å². The van der Waals surface area contributed by atoms with Crippen LogP contribution in [0.4, 0.5) is 28.4 Å². The van der Waals surface area contributed by atoms with Gasteiger partial charge in [0.05, 0.1) is 18.1 Å². The van der Waals surface area contributed by atoms with Crippen molar-refractivity contribution in [3.63, 3.8) is 0 Å². The van der Waals surface area contributed by atoms with Crippen molar-refractivity contribution in [2.75, 3.05) is 57.2 Å². The number of piperidine rings is 1. The van der Waals surface area contributed by atoms with Crippen molar-refractivity contribution in [3.05, 3.63) is 341 Å². The highest BCUT2D eigenvalue weighted by Gasteiger charge is 2.46.